The van der Waals surface area contributed by atoms with Gasteiger partial charge in [0, 0.05) is 12.0 Å². The predicted molar refractivity (Wildman–Crippen MR) is 79.3 cm³/mol. The van der Waals surface area contributed by atoms with Gasteiger partial charge in [0.25, 0.3) is 0 Å². The monoisotopic (exact) mass is 305 g/mol. The number of hydrogen-bond donors (Lipinski definition) is 0. The minimum atomic E-state index is -0.0898. The average molecular weight is 305 g/mol. The van der Waals surface area contributed by atoms with Crippen LogP contribution in [0.25, 0.3) is 0 Å². The first-order valence-electron chi connectivity index (χ1n) is 7.77. The minimum Gasteiger partial charge on any atom is -0.339 e. The normalized spacial score (nSPS) is 20.5. The molecule has 0 N–H and O–H groups in total. The first-order valence-corrected chi connectivity index (χ1v) is 7.77. The topological polar surface area (TPSA) is 81.1 Å². The highest BCUT2D eigenvalue weighted by atomic mass is 16.5. The lowest BCUT2D eigenvalue weighted by Gasteiger charge is -2.29. The molecular formula is C15H23N5O2. The van der Waals surface area contributed by atoms with Gasteiger partial charge in [-0.3, -0.25) is 4.90 Å². The molecule has 0 amide bonds. The molecule has 0 saturated carbocycles. The first-order chi connectivity index (χ1) is 10.4. The van der Waals surface area contributed by atoms with Gasteiger partial charge in [-0.2, -0.15) is 9.97 Å². The highest BCUT2D eigenvalue weighted by molar-refractivity contribution is 5.01. The van der Waals surface area contributed by atoms with Crippen molar-refractivity contribution >= 4 is 0 Å². The van der Waals surface area contributed by atoms with Crippen LogP contribution in [-0.2, 0) is 12.0 Å². The molecule has 0 aromatic carbocycles. The van der Waals surface area contributed by atoms with E-state index in [1.807, 2.05) is 6.92 Å². The van der Waals surface area contributed by atoms with Crippen molar-refractivity contribution in [2.45, 2.75) is 58.4 Å². The maximum atomic E-state index is 5.38. The van der Waals surface area contributed by atoms with Gasteiger partial charge in [-0.15, -0.1) is 0 Å². The number of hydrogen-bond acceptors (Lipinski definition) is 7. The van der Waals surface area contributed by atoms with E-state index in [-0.39, 0.29) is 5.41 Å². The molecule has 3 rings (SSSR count). The Kier molecular flexibility index (Phi) is 3.99. The van der Waals surface area contributed by atoms with Crippen molar-refractivity contribution < 1.29 is 9.05 Å². The first kappa shape index (κ1) is 15.1. The number of rotatable bonds is 3. The fraction of sp³-hybridized carbons (Fsp3) is 0.733. The average Bonchev–Trinajstić information content (AvgIpc) is 3.08. The van der Waals surface area contributed by atoms with Gasteiger partial charge in [0.05, 0.1) is 12.5 Å². The van der Waals surface area contributed by atoms with Crippen LogP contribution in [0.4, 0.5) is 0 Å². The summed E-state index contributed by atoms with van der Waals surface area (Å²) in [5.41, 5.74) is -0.0898. The summed E-state index contributed by atoms with van der Waals surface area (Å²) in [4.78, 5) is 11.2. The Morgan fingerprint density at radius 3 is 2.64 bits per heavy atom. The van der Waals surface area contributed by atoms with Crippen LogP contribution in [0.3, 0.4) is 0 Å². The molecule has 0 bridgehead atoms. The van der Waals surface area contributed by atoms with Crippen LogP contribution in [0.2, 0.25) is 0 Å². The largest absolute Gasteiger partial charge is 0.339 e. The third kappa shape index (κ3) is 3.35. The number of nitrogens with zero attached hydrogens (tertiary/aromatic N) is 5. The van der Waals surface area contributed by atoms with Crippen molar-refractivity contribution in [1.29, 1.82) is 0 Å². The zero-order valence-electron chi connectivity index (χ0n) is 13.7. The van der Waals surface area contributed by atoms with Crippen molar-refractivity contribution in [2.75, 3.05) is 13.1 Å². The van der Waals surface area contributed by atoms with E-state index in [4.69, 9.17) is 9.05 Å². The molecular weight excluding hydrogens is 282 g/mol. The zero-order chi connectivity index (χ0) is 15.7. The van der Waals surface area contributed by atoms with Gasteiger partial charge >= 0.3 is 0 Å². The van der Waals surface area contributed by atoms with Crippen LogP contribution in [0.1, 0.15) is 63.0 Å². The molecule has 2 aromatic rings. The number of likely N-dealkylation sites (tertiary alicyclic amines) is 1. The van der Waals surface area contributed by atoms with Crippen molar-refractivity contribution in [3.8, 4) is 0 Å². The van der Waals surface area contributed by atoms with Crippen molar-refractivity contribution in [3.63, 3.8) is 0 Å². The molecule has 120 valence electrons. The minimum absolute atomic E-state index is 0.0898. The molecule has 7 nitrogen and oxygen atoms in total. The summed E-state index contributed by atoms with van der Waals surface area (Å²) in [6.07, 6.45) is 2.18. The fourth-order valence-electron chi connectivity index (χ4n) is 2.69. The van der Waals surface area contributed by atoms with Gasteiger partial charge in [-0.1, -0.05) is 31.1 Å². The second kappa shape index (κ2) is 5.79. The van der Waals surface area contributed by atoms with E-state index in [1.165, 1.54) is 0 Å². The van der Waals surface area contributed by atoms with Crippen molar-refractivity contribution in [1.82, 2.24) is 25.2 Å². The highest BCUT2D eigenvalue weighted by Crippen LogP contribution is 2.27. The molecule has 1 unspecified atom stereocenters. The number of aromatic nitrogens is 4. The Bertz CT molecular complexity index is 628. The Morgan fingerprint density at radius 2 is 2.00 bits per heavy atom. The molecule has 3 heterocycles. The molecule has 1 aliphatic rings. The molecule has 0 spiro atoms. The quantitative estimate of drug-likeness (QED) is 0.861. The van der Waals surface area contributed by atoms with E-state index in [0.29, 0.717) is 24.2 Å². The maximum Gasteiger partial charge on any atom is 0.240 e. The van der Waals surface area contributed by atoms with Crippen LogP contribution in [0.5, 0.6) is 0 Å². The maximum absolute atomic E-state index is 5.38. The standard InChI is InChI=1S/C15H23N5O2/c1-10-16-13(22-18-10)11-6-5-7-20(8-11)9-12-17-14(19-21-12)15(2,3)4/h11H,5-9H2,1-4H3. The van der Waals surface area contributed by atoms with Crippen LogP contribution < -0.4 is 0 Å². The number of aryl methyl sites for hydroxylation is 1. The van der Waals surface area contributed by atoms with E-state index in [0.717, 1.165) is 37.6 Å². The van der Waals surface area contributed by atoms with Gasteiger partial charge in [0.1, 0.15) is 0 Å². The number of piperidine rings is 1. The summed E-state index contributed by atoms with van der Waals surface area (Å²) in [6.45, 7) is 10.7. The van der Waals surface area contributed by atoms with E-state index in [1.54, 1.807) is 0 Å². The van der Waals surface area contributed by atoms with Crippen molar-refractivity contribution in [3.05, 3.63) is 23.4 Å². The molecule has 7 heteroatoms. The third-order valence-corrected chi connectivity index (χ3v) is 3.90. The molecule has 1 atom stereocenters. The SMILES string of the molecule is Cc1noc(C2CCCN(Cc3nc(C(C)(C)C)no3)C2)n1. The van der Waals surface area contributed by atoms with Crippen LogP contribution in [0.15, 0.2) is 9.05 Å². The Balaban J connectivity index is 1.64. The van der Waals surface area contributed by atoms with Gasteiger partial charge in [-0.05, 0) is 26.3 Å². The van der Waals surface area contributed by atoms with E-state index >= 15 is 0 Å². The summed E-state index contributed by atoms with van der Waals surface area (Å²) in [5.74, 6) is 3.15. The molecule has 0 radical (unpaired) electrons. The smallest absolute Gasteiger partial charge is 0.240 e. The summed E-state index contributed by atoms with van der Waals surface area (Å²) in [6, 6.07) is 0. The lowest BCUT2D eigenvalue weighted by Crippen LogP contribution is -2.34. The Hall–Kier alpha value is -1.76. The van der Waals surface area contributed by atoms with Gasteiger partial charge < -0.3 is 9.05 Å². The Labute approximate surface area is 130 Å². The van der Waals surface area contributed by atoms with Crippen LogP contribution >= 0.6 is 0 Å². The molecule has 22 heavy (non-hydrogen) atoms. The van der Waals surface area contributed by atoms with E-state index in [9.17, 15) is 0 Å². The third-order valence-electron chi connectivity index (χ3n) is 3.90. The zero-order valence-corrected chi connectivity index (χ0v) is 13.7. The molecule has 0 aliphatic carbocycles. The van der Waals surface area contributed by atoms with Crippen LogP contribution in [0, 0.1) is 6.92 Å². The molecule has 1 fully saturated rings. The highest BCUT2D eigenvalue weighted by Gasteiger charge is 2.27. The van der Waals surface area contributed by atoms with E-state index in [2.05, 4.69) is 46.0 Å². The second-order valence-electron chi connectivity index (χ2n) is 7.02. The lowest BCUT2D eigenvalue weighted by molar-refractivity contribution is 0.162. The second-order valence-corrected chi connectivity index (χ2v) is 7.02. The molecule has 2 aromatic heterocycles. The Morgan fingerprint density at radius 1 is 1.18 bits per heavy atom. The summed E-state index contributed by atoms with van der Waals surface area (Å²) in [7, 11) is 0. The summed E-state index contributed by atoms with van der Waals surface area (Å²) < 4.78 is 10.7. The fourth-order valence-corrected chi connectivity index (χ4v) is 2.69. The summed E-state index contributed by atoms with van der Waals surface area (Å²) in [5, 5.41) is 7.97. The van der Waals surface area contributed by atoms with Gasteiger partial charge in [0.2, 0.25) is 11.8 Å². The molecule has 1 saturated heterocycles. The van der Waals surface area contributed by atoms with E-state index < -0.39 is 0 Å². The van der Waals surface area contributed by atoms with Crippen molar-refractivity contribution in [2.24, 2.45) is 0 Å². The predicted octanol–water partition coefficient (Wildman–Crippen LogP) is 2.44. The summed E-state index contributed by atoms with van der Waals surface area (Å²) >= 11 is 0. The van der Waals surface area contributed by atoms with Gasteiger partial charge in [0.15, 0.2) is 11.6 Å². The van der Waals surface area contributed by atoms with Gasteiger partial charge in [-0.25, -0.2) is 0 Å². The van der Waals surface area contributed by atoms with Crippen LogP contribution in [-0.4, -0.2) is 38.3 Å². The lowest BCUT2D eigenvalue weighted by atomic mass is 9.96. The molecule has 1 aliphatic heterocycles.